The topological polar surface area (TPSA) is 32.3 Å². The molecule has 94 valence electrons. The SMILES string of the molecule is CCSCCNC(C)C(=O)N1CCCCC1. The summed E-state index contributed by atoms with van der Waals surface area (Å²) >= 11 is 1.91. The molecule has 1 amide bonds. The molecule has 1 N–H and O–H groups in total. The van der Waals surface area contributed by atoms with Crippen molar-refractivity contribution in [3.63, 3.8) is 0 Å². The summed E-state index contributed by atoms with van der Waals surface area (Å²) in [6.45, 7) is 6.98. The van der Waals surface area contributed by atoms with Crippen molar-refractivity contribution in [1.82, 2.24) is 10.2 Å². The van der Waals surface area contributed by atoms with E-state index in [-0.39, 0.29) is 11.9 Å². The average molecular weight is 244 g/mol. The van der Waals surface area contributed by atoms with Crippen LogP contribution in [0.2, 0.25) is 0 Å². The number of nitrogens with zero attached hydrogens (tertiary/aromatic N) is 1. The highest BCUT2D eigenvalue weighted by Crippen LogP contribution is 2.09. The van der Waals surface area contributed by atoms with Gasteiger partial charge < -0.3 is 10.2 Å². The van der Waals surface area contributed by atoms with Crippen LogP contribution < -0.4 is 5.32 Å². The van der Waals surface area contributed by atoms with E-state index in [1.165, 1.54) is 19.3 Å². The molecule has 0 radical (unpaired) electrons. The lowest BCUT2D eigenvalue weighted by Crippen LogP contribution is -2.47. The van der Waals surface area contributed by atoms with E-state index in [0.29, 0.717) is 0 Å². The Morgan fingerprint density at radius 1 is 1.38 bits per heavy atom. The molecule has 0 spiro atoms. The first-order valence-electron chi connectivity index (χ1n) is 6.35. The largest absolute Gasteiger partial charge is 0.341 e. The number of nitrogens with one attached hydrogen (secondary N) is 1. The number of rotatable bonds is 6. The molecule has 1 saturated heterocycles. The quantitative estimate of drug-likeness (QED) is 0.722. The molecular formula is C12H24N2OS. The summed E-state index contributed by atoms with van der Waals surface area (Å²) < 4.78 is 0. The number of piperidine rings is 1. The molecule has 1 atom stereocenters. The van der Waals surface area contributed by atoms with Crippen LogP contribution in [0.25, 0.3) is 0 Å². The Morgan fingerprint density at radius 3 is 2.69 bits per heavy atom. The number of thioether (sulfide) groups is 1. The van der Waals surface area contributed by atoms with E-state index in [4.69, 9.17) is 0 Å². The van der Waals surface area contributed by atoms with Crippen LogP contribution in [0.5, 0.6) is 0 Å². The van der Waals surface area contributed by atoms with Crippen molar-refractivity contribution >= 4 is 17.7 Å². The first kappa shape index (κ1) is 13.8. The molecule has 0 saturated carbocycles. The third kappa shape index (κ3) is 4.74. The zero-order chi connectivity index (χ0) is 11.8. The maximum atomic E-state index is 12.0. The predicted octanol–water partition coefficient (Wildman–Crippen LogP) is 1.73. The van der Waals surface area contributed by atoms with E-state index in [1.54, 1.807) is 0 Å². The van der Waals surface area contributed by atoms with Gasteiger partial charge in [-0.3, -0.25) is 4.79 Å². The molecule has 0 aromatic heterocycles. The lowest BCUT2D eigenvalue weighted by molar-refractivity contribution is -0.133. The van der Waals surface area contributed by atoms with Gasteiger partial charge in [0.2, 0.25) is 5.91 Å². The molecule has 3 nitrogen and oxygen atoms in total. The van der Waals surface area contributed by atoms with Crippen molar-refractivity contribution < 1.29 is 4.79 Å². The minimum atomic E-state index is -0.0180. The van der Waals surface area contributed by atoms with Crippen LogP contribution in [0, 0.1) is 0 Å². The Bertz CT molecular complexity index is 205. The van der Waals surface area contributed by atoms with Gasteiger partial charge in [0.1, 0.15) is 0 Å². The minimum absolute atomic E-state index is 0.0180. The molecule has 4 heteroatoms. The number of hydrogen-bond donors (Lipinski definition) is 1. The fourth-order valence-corrected chi connectivity index (χ4v) is 2.52. The van der Waals surface area contributed by atoms with Crippen LogP contribution in [-0.2, 0) is 4.79 Å². The summed E-state index contributed by atoms with van der Waals surface area (Å²) in [5.74, 6) is 2.52. The number of likely N-dealkylation sites (tertiary alicyclic amines) is 1. The van der Waals surface area contributed by atoms with Crippen molar-refractivity contribution in [3.05, 3.63) is 0 Å². The zero-order valence-electron chi connectivity index (χ0n) is 10.5. The molecule has 0 bridgehead atoms. The van der Waals surface area contributed by atoms with Gasteiger partial charge in [-0.1, -0.05) is 6.92 Å². The standard InChI is InChI=1S/C12H24N2OS/c1-3-16-10-7-13-11(2)12(15)14-8-5-4-6-9-14/h11,13H,3-10H2,1-2H3. The van der Waals surface area contributed by atoms with E-state index >= 15 is 0 Å². The number of carbonyl (C=O) groups excluding carboxylic acids is 1. The van der Waals surface area contributed by atoms with Crippen LogP contribution in [-0.4, -0.2) is 48.0 Å². The van der Waals surface area contributed by atoms with Gasteiger partial charge in [-0.25, -0.2) is 0 Å². The van der Waals surface area contributed by atoms with E-state index in [9.17, 15) is 4.79 Å². The number of amides is 1. The Hall–Kier alpha value is -0.220. The Labute approximate surface area is 103 Å². The van der Waals surface area contributed by atoms with Crippen LogP contribution in [0.4, 0.5) is 0 Å². The second-order valence-corrected chi connectivity index (χ2v) is 5.65. The highest BCUT2D eigenvalue weighted by Gasteiger charge is 2.21. The summed E-state index contributed by atoms with van der Waals surface area (Å²) in [5, 5.41) is 3.30. The minimum Gasteiger partial charge on any atom is -0.341 e. The Morgan fingerprint density at radius 2 is 2.06 bits per heavy atom. The van der Waals surface area contributed by atoms with Gasteiger partial charge in [0, 0.05) is 25.4 Å². The zero-order valence-corrected chi connectivity index (χ0v) is 11.3. The van der Waals surface area contributed by atoms with Crippen LogP contribution in [0.15, 0.2) is 0 Å². The Balaban J connectivity index is 2.18. The van der Waals surface area contributed by atoms with Crippen molar-refractivity contribution in [2.75, 3.05) is 31.1 Å². The maximum absolute atomic E-state index is 12.0. The second-order valence-electron chi connectivity index (χ2n) is 4.26. The maximum Gasteiger partial charge on any atom is 0.239 e. The predicted molar refractivity (Wildman–Crippen MR) is 70.9 cm³/mol. The van der Waals surface area contributed by atoms with E-state index in [2.05, 4.69) is 12.2 Å². The summed E-state index contributed by atoms with van der Waals surface area (Å²) in [5.41, 5.74) is 0. The third-order valence-corrected chi connectivity index (χ3v) is 3.84. The molecular weight excluding hydrogens is 220 g/mol. The van der Waals surface area contributed by atoms with Crippen LogP contribution in [0.1, 0.15) is 33.1 Å². The lowest BCUT2D eigenvalue weighted by atomic mass is 10.1. The van der Waals surface area contributed by atoms with Crippen LogP contribution >= 0.6 is 11.8 Å². The molecule has 0 aromatic carbocycles. The first-order chi connectivity index (χ1) is 7.75. The highest BCUT2D eigenvalue weighted by molar-refractivity contribution is 7.99. The summed E-state index contributed by atoms with van der Waals surface area (Å²) in [4.78, 5) is 14.0. The van der Waals surface area contributed by atoms with Gasteiger partial charge >= 0.3 is 0 Å². The fraction of sp³-hybridized carbons (Fsp3) is 0.917. The van der Waals surface area contributed by atoms with Gasteiger partial charge in [-0.05, 0) is 31.9 Å². The molecule has 1 aliphatic heterocycles. The first-order valence-corrected chi connectivity index (χ1v) is 7.51. The number of hydrogen-bond acceptors (Lipinski definition) is 3. The summed E-state index contributed by atoms with van der Waals surface area (Å²) in [6, 6.07) is -0.0180. The van der Waals surface area contributed by atoms with Crippen molar-refractivity contribution in [2.45, 2.75) is 39.2 Å². The van der Waals surface area contributed by atoms with Crippen molar-refractivity contribution in [2.24, 2.45) is 0 Å². The van der Waals surface area contributed by atoms with E-state index in [0.717, 1.165) is 31.1 Å². The smallest absolute Gasteiger partial charge is 0.239 e. The monoisotopic (exact) mass is 244 g/mol. The lowest BCUT2D eigenvalue weighted by Gasteiger charge is -2.29. The molecule has 1 fully saturated rings. The Kier molecular flexibility index (Phi) is 6.88. The van der Waals surface area contributed by atoms with E-state index in [1.807, 2.05) is 23.6 Å². The fourth-order valence-electron chi connectivity index (χ4n) is 1.97. The van der Waals surface area contributed by atoms with Gasteiger partial charge in [-0.15, -0.1) is 0 Å². The van der Waals surface area contributed by atoms with E-state index < -0.39 is 0 Å². The normalized spacial score (nSPS) is 18.5. The highest BCUT2D eigenvalue weighted by atomic mass is 32.2. The second kappa shape index (κ2) is 7.96. The van der Waals surface area contributed by atoms with Crippen LogP contribution in [0.3, 0.4) is 0 Å². The van der Waals surface area contributed by atoms with Crippen molar-refractivity contribution in [3.8, 4) is 0 Å². The van der Waals surface area contributed by atoms with Crippen molar-refractivity contribution in [1.29, 1.82) is 0 Å². The molecule has 1 heterocycles. The molecule has 0 aliphatic carbocycles. The van der Waals surface area contributed by atoms with Gasteiger partial charge in [0.05, 0.1) is 6.04 Å². The average Bonchev–Trinajstić information content (AvgIpc) is 2.34. The molecule has 1 rings (SSSR count). The summed E-state index contributed by atoms with van der Waals surface area (Å²) in [7, 11) is 0. The number of carbonyl (C=O) groups is 1. The van der Waals surface area contributed by atoms with Gasteiger partial charge in [-0.2, -0.15) is 11.8 Å². The molecule has 16 heavy (non-hydrogen) atoms. The van der Waals surface area contributed by atoms with Gasteiger partial charge in [0.25, 0.3) is 0 Å². The molecule has 1 unspecified atom stereocenters. The molecule has 0 aromatic rings. The molecule has 1 aliphatic rings. The van der Waals surface area contributed by atoms with Gasteiger partial charge in [0.15, 0.2) is 0 Å². The third-order valence-electron chi connectivity index (χ3n) is 2.94. The summed E-state index contributed by atoms with van der Waals surface area (Å²) in [6.07, 6.45) is 3.62.